The largest absolute Gasteiger partial charge is 0.409 e. The standard InChI is InChI=1S/C6H9N5O/c1-3-9-2-4(5(7)10-3)6(8)11-12/h2,12H,1H3,(H2,8,11)(H2,7,9,10). The molecule has 0 amide bonds. The molecule has 0 atom stereocenters. The molecule has 5 N–H and O–H groups in total. The van der Waals surface area contributed by atoms with Crippen LogP contribution < -0.4 is 11.5 Å². The Balaban J connectivity index is 3.18. The van der Waals surface area contributed by atoms with Crippen LogP contribution >= 0.6 is 0 Å². The SMILES string of the molecule is Cc1ncc(C(N)=NO)c(N)n1. The van der Waals surface area contributed by atoms with Crippen molar-refractivity contribution in [3.8, 4) is 0 Å². The molecule has 0 radical (unpaired) electrons. The molecule has 64 valence electrons. The first-order valence-corrected chi connectivity index (χ1v) is 3.22. The van der Waals surface area contributed by atoms with Crippen LogP contribution in [0, 0.1) is 6.92 Å². The van der Waals surface area contributed by atoms with Crippen molar-refractivity contribution in [2.75, 3.05) is 5.73 Å². The molecule has 6 nitrogen and oxygen atoms in total. The first kappa shape index (κ1) is 8.25. The molecule has 0 aliphatic heterocycles. The van der Waals surface area contributed by atoms with Crippen molar-refractivity contribution >= 4 is 11.7 Å². The van der Waals surface area contributed by atoms with Crippen LogP contribution in [0.15, 0.2) is 11.4 Å². The van der Waals surface area contributed by atoms with Crippen molar-refractivity contribution in [3.63, 3.8) is 0 Å². The van der Waals surface area contributed by atoms with Crippen molar-refractivity contribution in [1.29, 1.82) is 0 Å². The van der Waals surface area contributed by atoms with Gasteiger partial charge in [-0.1, -0.05) is 5.16 Å². The van der Waals surface area contributed by atoms with Crippen molar-refractivity contribution < 1.29 is 5.21 Å². The topological polar surface area (TPSA) is 110 Å². The minimum Gasteiger partial charge on any atom is -0.409 e. The molecule has 6 heteroatoms. The van der Waals surface area contributed by atoms with Gasteiger partial charge in [0, 0.05) is 6.20 Å². The summed E-state index contributed by atoms with van der Waals surface area (Å²) in [4.78, 5) is 7.68. The summed E-state index contributed by atoms with van der Waals surface area (Å²) in [7, 11) is 0. The zero-order chi connectivity index (χ0) is 9.14. The van der Waals surface area contributed by atoms with Crippen molar-refractivity contribution in [2.24, 2.45) is 10.9 Å². The highest BCUT2D eigenvalue weighted by Crippen LogP contribution is 2.05. The van der Waals surface area contributed by atoms with Crippen LogP contribution in [-0.4, -0.2) is 21.0 Å². The van der Waals surface area contributed by atoms with Crippen LogP contribution in [0.2, 0.25) is 0 Å². The van der Waals surface area contributed by atoms with Crippen LogP contribution in [0.4, 0.5) is 5.82 Å². The monoisotopic (exact) mass is 167 g/mol. The number of hydrogen-bond donors (Lipinski definition) is 3. The second-order valence-electron chi connectivity index (χ2n) is 2.20. The molecule has 0 bridgehead atoms. The molecule has 12 heavy (non-hydrogen) atoms. The number of aryl methyl sites for hydroxylation is 1. The molecule has 0 aromatic carbocycles. The Kier molecular flexibility index (Phi) is 2.09. The highest BCUT2D eigenvalue weighted by molar-refractivity contribution is 6.00. The quantitative estimate of drug-likeness (QED) is 0.225. The Labute approximate surface area is 68.9 Å². The molecular weight excluding hydrogens is 158 g/mol. The minimum atomic E-state index is -0.0903. The van der Waals surface area contributed by atoms with E-state index in [1.54, 1.807) is 6.92 Å². The summed E-state index contributed by atoms with van der Waals surface area (Å²) in [5.74, 6) is 0.660. The summed E-state index contributed by atoms with van der Waals surface area (Å²) in [6.45, 7) is 1.70. The Bertz CT molecular complexity index is 322. The van der Waals surface area contributed by atoms with Gasteiger partial charge in [-0.25, -0.2) is 9.97 Å². The number of hydrogen-bond acceptors (Lipinski definition) is 5. The number of nitrogens with two attached hydrogens (primary N) is 2. The number of aromatic nitrogens is 2. The lowest BCUT2D eigenvalue weighted by Gasteiger charge is -2.01. The van der Waals surface area contributed by atoms with E-state index < -0.39 is 0 Å². The van der Waals surface area contributed by atoms with Gasteiger partial charge in [0.1, 0.15) is 11.6 Å². The van der Waals surface area contributed by atoms with Crippen molar-refractivity contribution in [1.82, 2.24) is 9.97 Å². The van der Waals surface area contributed by atoms with Gasteiger partial charge in [-0.3, -0.25) is 0 Å². The molecule has 0 fully saturated rings. The molecular formula is C6H9N5O. The average molecular weight is 167 g/mol. The van der Waals surface area contributed by atoms with Crippen LogP contribution in [-0.2, 0) is 0 Å². The van der Waals surface area contributed by atoms with Crippen molar-refractivity contribution in [2.45, 2.75) is 6.92 Å². The maximum absolute atomic E-state index is 8.33. The Morgan fingerprint density at radius 2 is 2.33 bits per heavy atom. The lowest BCUT2D eigenvalue weighted by Crippen LogP contribution is -2.17. The van der Waals surface area contributed by atoms with Crippen LogP contribution in [0.25, 0.3) is 0 Å². The highest BCUT2D eigenvalue weighted by Gasteiger charge is 2.05. The van der Waals surface area contributed by atoms with E-state index in [9.17, 15) is 0 Å². The Morgan fingerprint density at radius 1 is 1.67 bits per heavy atom. The van der Waals surface area contributed by atoms with Crippen LogP contribution in [0.3, 0.4) is 0 Å². The average Bonchev–Trinajstić information content (AvgIpc) is 2.03. The fraction of sp³-hybridized carbons (Fsp3) is 0.167. The molecule has 0 unspecified atom stereocenters. The summed E-state index contributed by atoms with van der Waals surface area (Å²) in [5.41, 5.74) is 11.1. The lowest BCUT2D eigenvalue weighted by atomic mass is 10.3. The third-order valence-electron chi connectivity index (χ3n) is 1.32. The van der Waals surface area contributed by atoms with Gasteiger partial charge in [0.05, 0.1) is 5.56 Å². The summed E-state index contributed by atoms with van der Waals surface area (Å²) in [6, 6.07) is 0. The van der Waals surface area contributed by atoms with E-state index in [4.69, 9.17) is 16.7 Å². The maximum atomic E-state index is 8.33. The van der Waals surface area contributed by atoms with Gasteiger partial charge in [-0.05, 0) is 6.92 Å². The molecule has 0 aliphatic carbocycles. The first-order valence-electron chi connectivity index (χ1n) is 3.22. The van der Waals surface area contributed by atoms with Gasteiger partial charge in [0.25, 0.3) is 0 Å². The van der Waals surface area contributed by atoms with Gasteiger partial charge in [-0.15, -0.1) is 0 Å². The van der Waals surface area contributed by atoms with Gasteiger partial charge in [-0.2, -0.15) is 0 Å². The predicted octanol–water partition coefficient (Wildman–Crippen LogP) is -0.538. The van der Waals surface area contributed by atoms with Crippen LogP contribution in [0.1, 0.15) is 11.4 Å². The normalized spacial score (nSPS) is 11.6. The highest BCUT2D eigenvalue weighted by atomic mass is 16.4. The fourth-order valence-corrected chi connectivity index (χ4v) is 0.739. The number of oxime groups is 1. The molecule has 1 heterocycles. The Morgan fingerprint density at radius 3 is 2.83 bits per heavy atom. The zero-order valence-corrected chi connectivity index (χ0v) is 6.52. The minimum absolute atomic E-state index is 0.0903. The van der Waals surface area contributed by atoms with E-state index in [-0.39, 0.29) is 11.7 Å². The number of nitrogen functional groups attached to an aromatic ring is 1. The van der Waals surface area contributed by atoms with E-state index >= 15 is 0 Å². The number of amidine groups is 1. The number of nitrogens with zero attached hydrogens (tertiary/aromatic N) is 3. The van der Waals surface area contributed by atoms with E-state index in [0.717, 1.165) is 0 Å². The van der Waals surface area contributed by atoms with Gasteiger partial charge in [0.2, 0.25) is 0 Å². The van der Waals surface area contributed by atoms with E-state index in [2.05, 4.69) is 15.1 Å². The summed E-state index contributed by atoms with van der Waals surface area (Å²) < 4.78 is 0. The zero-order valence-electron chi connectivity index (χ0n) is 6.52. The van der Waals surface area contributed by atoms with E-state index in [0.29, 0.717) is 11.4 Å². The summed E-state index contributed by atoms with van der Waals surface area (Å²) in [5, 5.41) is 11.1. The molecule has 0 spiro atoms. The molecule has 1 rings (SSSR count). The molecule has 0 saturated heterocycles. The van der Waals surface area contributed by atoms with E-state index in [1.807, 2.05) is 0 Å². The number of rotatable bonds is 1. The van der Waals surface area contributed by atoms with Crippen molar-refractivity contribution in [3.05, 3.63) is 17.6 Å². The van der Waals surface area contributed by atoms with E-state index in [1.165, 1.54) is 6.20 Å². The van der Waals surface area contributed by atoms with Gasteiger partial charge < -0.3 is 16.7 Å². The molecule has 0 aliphatic rings. The summed E-state index contributed by atoms with van der Waals surface area (Å²) in [6.07, 6.45) is 1.41. The third-order valence-corrected chi connectivity index (χ3v) is 1.32. The molecule has 0 saturated carbocycles. The predicted molar refractivity (Wildman–Crippen MR) is 43.7 cm³/mol. The summed E-state index contributed by atoms with van der Waals surface area (Å²) >= 11 is 0. The van der Waals surface area contributed by atoms with Gasteiger partial charge >= 0.3 is 0 Å². The van der Waals surface area contributed by atoms with Gasteiger partial charge in [0.15, 0.2) is 5.84 Å². The number of anilines is 1. The molecule has 1 aromatic rings. The third kappa shape index (κ3) is 1.42. The second-order valence-corrected chi connectivity index (χ2v) is 2.20. The molecule has 1 aromatic heterocycles. The smallest absolute Gasteiger partial charge is 0.175 e. The second kappa shape index (κ2) is 3.04. The van der Waals surface area contributed by atoms with Crippen LogP contribution in [0.5, 0.6) is 0 Å². The first-order chi connectivity index (χ1) is 5.65. The lowest BCUT2D eigenvalue weighted by molar-refractivity contribution is 0.318. The Hall–Kier alpha value is -1.85. The maximum Gasteiger partial charge on any atom is 0.175 e. The fourth-order valence-electron chi connectivity index (χ4n) is 0.739.